The van der Waals surface area contributed by atoms with E-state index in [1.54, 1.807) is 0 Å². The average Bonchev–Trinajstić information content (AvgIpc) is 3.71. The quantitative estimate of drug-likeness (QED) is 0.171. The van der Waals surface area contributed by atoms with Crippen molar-refractivity contribution in [1.82, 2.24) is 9.13 Å². The number of hydrogen-bond acceptors (Lipinski definition) is 1. The summed E-state index contributed by atoms with van der Waals surface area (Å²) in [6.07, 6.45) is 0. The van der Waals surface area contributed by atoms with Crippen LogP contribution in [0.1, 0.15) is 0 Å². The zero-order chi connectivity index (χ0) is 34.2. The molecule has 0 amide bonds. The Kier molecular flexibility index (Phi) is 6.35. The molecule has 0 atom stereocenters. The Hall–Kier alpha value is -6.78. The highest BCUT2D eigenvalue weighted by Gasteiger charge is 2.37. The van der Waals surface area contributed by atoms with Crippen LogP contribution >= 0.6 is 0 Å². The van der Waals surface area contributed by atoms with E-state index in [1.165, 1.54) is 71.4 Å². The van der Waals surface area contributed by atoms with E-state index in [0.29, 0.717) is 0 Å². The number of nitrogens with zero attached hydrogens (tertiary/aromatic N) is 3. The Bertz CT molecular complexity index is 2780. The van der Waals surface area contributed by atoms with Crippen molar-refractivity contribution in [2.75, 3.05) is 4.90 Å². The molecular weight excluding hydrogens is 629 g/mol. The van der Waals surface area contributed by atoms with Gasteiger partial charge in [0, 0.05) is 50.0 Å². The number of fused-ring (bicyclic) bond motifs is 8. The second kappa shape index (κ2) is 11.4. The zero-order valence-electron chi connectivity index (χ0n) is 28.4. The van der Waals surface area contributed by atoms with Crippen molar-refractivity contribution in [2.45, 2.75) is 0 Å². The van der Waals surface area contributed by atoms with E-state index < -0.39 is 0 Å². The highest BCUT2D eigenvalue weighted by Crippen LogP contribution is 2.43. The molecule has 0 bridgehead atoms. The van der Waals surface area contributed by atoms with Crippen LogP contribution in [0.5, 0.6) is 0 Å². The molecule has 3 nitrogen and oxygen atoms in total. The molecule has 52 heavy (non-hydrogen) atoms. The molecule has 8 aromatic carbocycles. The van der Waals surface area contributed by atoms with Crippen LogP contribution in [-0.4, -0.2) is 15.8 Å². The lowest BCUT2D eigenvalue weighted by atomic mass is 9.35. The van der Waals surface area contributed by atoms with E-state index in [4.69, 9.17) is 0 Å². The fraction of sp³-hybridized carbons (Fsp3) is 0. The predicted molar refractivity (Wildman–Crippen MR) is 221 cm³/mol. The topological polar surface area (TPSA) is 13.1 Å². The first kappa shape index (κ1) is 29.0. The molecule has 11 rings (SSSR count). The maximum Gasteiger partial charge on any atom is 0.246 e. The van der Waals surface area contributed by atoms with Crippen molar-refractivity contribution in [3.8, 4) is 11.4 Å². The van der Waals surface area contributed by atoms with Gasteiger partial charge in [0.05, 0.1) is 22.1 Å². The van der Waals surface area contributed by atoms with Gasteiger partial charge in [-0.15, -0.1) is 0 Å². The summed E-state index contributed by atoms with van der Waals surface area (Å²) >= 11 is 0. The fourth-order valence-electron chi connectivity index (χ4n) is 8.76. The third-order valence-electron chi connectivity index (χ3n) is 10.9. The molecule has 0 unspecified atom stereocenters. The van der Waals surface area contributed by atoms with Gasteiger partial charge in [-0.1, -0.05) is 127 Å². The van der Waals surface area contributed by atoms with Gasteiger partial charge in [0.1, 0.15) is 0 Å². The van der Waals surface area contributed by atoms with Crippen LogP contribution in [0.2, 0.25) is 0 Å². The van der Waals surface area contributed by atoms with Crippen molar-refractivity contribution in [3.05, 3.63) is 194 Å². The van der Waals surface area contributed by atoms with Gasteiger partial charge in [-0.25, -0.2) is 0 Å². The van der Waals surface area contributed by atoms with Crippen LogP contribution in [-0.2, 0) is 0 Å². The van der Waals surface area contributed by atoms with E-state index in [9.17, 15) is 0 Å². The number of aromatic nitrogens is 2. The second-order valence-corrected chi connectivity index (χ2v) is 13.7. The number of rotatable bonds is 4. The summed E-state index contributed by atoms with van der Waals surface area (Å²) < 4.78 is 4.87. The molecule has 0 radical (unpaired) electrons. The third-order valence-corrected chi connectivity index (χ3v) is 10.9. The molecule has 1 aliphatic rings. The highest BCUT2D eigenvalue weighted by atomic mass is 15.2. The Balaban J connectivity index is 1.30. The smallest absolute Gasteiger partial charge is 0.246 e. The lowest BCUT2D eigenvalue weighted by Gasteiger charge is -2.37. The monoisotopic (exact) mass is 661 g/mol. The van der Waals surface area contributed by atoms with Crippen molar-refractivity contribution < 1.29 is 0 Å². The largest absolute Gasteiger partial charge is 0.311 e. The Labute approximate surface area is 302 Å². The number of para-hydroxylation sites is 5. The maximum absolute atomic E-state index is 2.51. The minimum absolute atomic E-state index is 0.00411. The Morgan fingerprint density at radius 1 is 0.308 bits per heavy atom. The summed E-state index contributed by atoms with van der Waals surface area (Å²) in [5, 5.41) is 4.99. The molecule has 0 saturated carbocycles. The summed E-state index contributed by atoms with van der Waals surface area (Å²) in [7, 11) is 0. The van der Waals surface area contributed by atoms with Crippen molar-refractivity contribution in [1.29, 1.82) is 0 Å². The Morgan fingerprint density at radius 3 is 1.15 bits per heavy atom. The molecule has 242 valence electrons. The van der Waals surface area contributed by atoms with Crippen LogP contribution in [0.4, 0.5) is 17.1 Å². The standard InChI is InChI=1S/C48H32BN3/c1-5-17-33(18-6-1)49-41-31-45-39(37-25-13-15-27-43(37)50(45)34-19-7-2-8-20-34)29-47(41)52(36-23-11-4-12-24-36)48-30-40-38-26-14-16-28-44(38)51(46(40)32-42(48)49)35-21-9-3-10-22-35/h1-32H. The maximum atomic E-state index is 2.51. The molecule has 0 fully saturated rings. The predicted octanol–water partition coefficient (Wildman–Crippen LogP) is 10.2. The molecule has 4 heteroatoms. The lowest BCUT2D eigenvalue weighted by Crippen LogP contribution is -2.57. The normalized spacial score (nSPS) is 12.5. The van der Waals surface area contributed by atoms with Crippen molar-refractivity contribution in [2.24, 2.45) is 0 Å². The van der Waals surface area contributed by atoms with Crippen LogP contribution in [0.3, 0.4) is 0 Å². The van der Waals surface area contributed by atoms with E-state index in [-0.39, 0.29) is 6.71 Å². The van der Waals surface area contributed by atoms with Gasteiger partial charge in [0.15, 0.2) is 0 Å². The van der Waals surface area contributed by atoms with Crippen molar-refractivity contribution >= 4 is 83.8 Å². The number of benzene rings is 8. The first-order valence-corrected chi connectivity index (χ1v) is 18.0. The van der Waals surface area contributed by atoms with Gasteiger partial charge >= 0.3 is 0 Å². The lowest BCUT2D eigenvalue weighted by molar-refractivity contribution is 1.18. The summed E-state index contributed by atoms with van der Waals surface area (Å²) in [6.45, 7) is 0.00411. The summed E-state index contributed by atoms with van der Waals surface area (Å²) in [5.41, 5.74) is 14.6. The van der Waals surface area contributed by atoms with E-state index in [0.717, 1.165) is 17.1 Å². The van der Waals surface area contributed by atoms with Gasteiger partial charge in [-0.3, -0.25) is 0 Å². The van der Waals surface area contributed by atoms with Crippen molar-refractivity contribution in [3.63, 3.8) is 0 Å². The van der Waals surface area contributed by atoms with Crippen LogP contribution in [0.25, 0.3) is 55.0 Å². The molecule has 2 aromatic heterocycles. The van der Waals surface area contributed by atoms with Crippen LogP contribution in [0, 0.1) is 0 Å². The van der Waals surface area contributed by atoms with Crippen LogP contribution in [0.15, 0.2) is 194 Å². The van der Waals surface area contributed by atoms with Gasteiger partial charge in [-0.2, -0.15) is 0 Å². The minimum atomic E-state index is 0.00411. The number of hydrogen-bond donors (Lipinski definition) is 0. The first-order valence-electron chi connectivity index (χ1n) is 18.0. The van der Waals surface area contributed by atoms with Gasteiger partial charge in [-0.05, 0) is 83.7 Å². The van der Waals surface area contributed by atoms with E-state index >= 15 is 0 Å². The fourth-order valence-corrected chi connectivity index (χ4v) is 8.76. The highest BCUT2D eigenvalue weighted by molar-refractivity contribution is 6.98. The Morgan fingerprint density at radius 2 is 0.692 bits per heavy atom. The molecule has 0 spiro atoms. The number of anilines is 3. The molecule has 10 aromatic rings. The molecule has 1 aliphatic heterocycles. The second-order valence-electron chi connectivity index (χ2n) is 13.7. The molecule has 0 aliphatic carbocycles. The first-order chi connectivity index (χ1) is 25.8. The summed E-state index contributed by atoms with van der Waals surface area (Å²) in [4.78, 5) is 2.51. The van der Waals surface area contributed by atoms with Gasteiger partial charge < -0.3 is 14.0 Å². The molecule has 0 saturated heterocycles. The minimum Gasteiger partial charge on any atom is -0.311 e. The summed E-state index contributed by atoms with van der Waals surface area (Å²) in [6, 6.07) is 71.0. The van der Waals surface area contributed by atoms with Gasteiger partial charge in [0.2, 0.25) is 6.71 Å². The molecule has 0 N–H and O–H groups in total. The van der Waals surface area contributed by atoms with E-state index in [1.807, 2.05) is 0 Å². The zero-order valence-corrected chi connectivity index (χ0v) is 28.4. The third kappa shape index (κ3) is 4.21. The van der Waals surface area contributed by atoms with Gasteiger partial charge in [0.25, 0.3) is 0 Å². The SMILES string of the molecule is c1ccc(B2c3cc4c(cc3N(c3ccccc3)c3cc5c6ccccc6n(-c6ccccc6)c5cc32)c2ccccc2n4-c2ccccc2)cc1. The van der Waals surface area contributed by atoms with Crippen LogP contribution < -0.4 is 21.3 Å². The average molecular weight is 662 g/mol. The summed E-state index contributed by atoms with van der Waals surface area (Å²) in [5.74, 6) is 0. The molecule has 3 heterocycles. The molecular formula is C48H32BN3. The van der Waals surface area contributed by atoms with E-state index in [2.05, 4.69) is 208 Å².